The summed E-state index contributed by atoms with van der Waals surface area (Å²) in [6, 6.07) is 1.70. The van der Waals surface area contributed by atoms with Gasteiger partial charge in [0.2, 0.25) is 0 Å². The van der Waals surface area contributed by atoms with Gasteiger partial charge in [-0.25, -0.2) is 4.98 Å². The van der Waals surface area contributed by atoms with Gasteiger partial charge in [0.05, 0.1) is 22.2 Å². The van der Waals surface area contributed by atoms with Gasteiger partial charge >= 0.3 is 0 Å². The largest absolute Gasteiger partial charge is 0.388 e. The highest BCUT2D eigenvalue weighted by Gasteiger charge is 2.21. The van der Waals surface area contributed by atoms with Crippen LogP contribution in [0.4, 0.5) is 0 Å². The topological polar surface area (TPSA) is 88.2 Å². The summed E-state index contributed by atoms with van der Waals surface area (Å²) in [6.07, 6.45) is 0.560. The van der Waals surface area contributed by atoms with E-state index in [9.17, 15) is 9.90 Å². The van der Waals surface area contributed by atoms with Crippen LogP contribution in [0.2, 0.25) is 0 Å². The Balaban J connectivity index is 2.32. The molecule has 0 saturated heterocycles. The number of rotatable bonds is 4. The fourth-order valence-electron chi connectivity index (χ4n) is 1.89. The number of carbonyl (C=O) groups excluding carboxylic acids is 1. The molecule has 2 N–H and O–H groups in total. The van der Waals surface area contributed by atoms with E-state index in [1.807, 2.05) is 6.92 Å². The summed E-state index contributed by atoms with van der Waals surface area (Å²) in [5.74, 6) is -0.263. The second-order valence-corrected chi connectivity index (χ2v) is 5.29. The quantitative estimate of drug-likeness (QED) is 0.888. The molecule has 20 heavy (non-hydrogen) atoms. The van der Waals surface area contributed by atoms with Gasteiger partial charge in [0.1, 0.15) is 0 Å². The predicted molar refractivity (Wildman–Crippen MR) is 74.5 cm³/mol. The number of hydrogen-bond acceptors (Lipinski definition) is 5. The molecule has 1 amide bonds. The Morgan fingerprint density at radius 1 is 1.50 bits per heavy atom. The zero-order chi connectivity index (χ0) is 14.9. The minimum Gasteiger partial charge on any atom is -0.388 e. The van der Waals surface area contributed by atoms with Crippen LogP contribution in [0.3, 0.4) is 0 Å². The van der Waals surface area contributed by atoms with E-state index < -0.39 is 5.60 Å². The minimum absolute atomic E-state index is 0.190. The van der Waals surface area contributed by atoms with Crippen LogP contribution in [0.25, 0.3) is 11.1 Å². The summed E-state index contributed by atoms with van der Waals surface area (Å²) >= 11 is 0. The molecule has 6 nitrogen and oxygen atoms in total. The molecule has 0 bridgehead atoms. The van der Waals surface area contributed by atoms with Crippen LogP contribution in [0.5, 0.6) is 0 Å². The number of nitrogens with one attached hydrogen (secondary N) is 1. The molecule has 0 fully saturated rings. The highest BCUT2D eigenvalue weighted by Crippen LogP contribution is 2.21. The number of carbonyl (C=O) groups is 1. The summed E-state index contributed by atoms with van der Waals surface area (Å²) in [6.45, 7) is 7.30. The zero-order valence-electron chi connectivity index (χ0n) is 12.1. The van der Waals surface area contributed by atoms with E-state index >= 15 is 0 Å². The predicted octanol–water partition coefficient (Wildman–Crippen LogP) is 1.73. The third-order valence-corrected chi connectivity index (χ3v) is 3.38. The van der Waals surface area contributed by atoms with Gasteiger partial charge < -0.3 is 14.9 Å². The Morgan fingerprint density at radius 3 is 2.85 bits per heavy atom. The van der Waals surface area contributed by atoms with Crippen molar-refractivity contribution in [1.82, 2.24) is 15.5 Å². The minimum atomic E-state index is -0.916. The lowest BCUT2D eigenvalue weighted by molar-refractivity contribution is 0.0519. The van der Waals surface area contributed by atoms with Gasteiger partial charge in [0.25, 0.3) is 11.6 Å². The monoisotopic (exact) mass is 277 g/mol. The molecule has 2 aromatic heterocycles. The van der Waals surface area contributed by atoms with Gasteiger partial charge in [0.15, 0.2) is 0 Å². The van der Waals surface area contributed by atoms with E-state index in [0.29, 0.717) is 34.5 Å². The molecule has 0 aliphatic heterocycles. The number of pyridine rings is 1. The van der Waals surface area contributed by atoms with Crippen molar-refractivity contribution in [3.8, 4) is 0 Å². The lowest BCUT2D eigenvalue weighted by Gasteiger charge is -2.21. The van der Waals surface area contributed by atoms with Crippen LogP contribution in [-0.4, -0.2) is 33.3 Å². The van der Waals surface area contributed by atoms with Crippen molar-refractivity contribution >= 4 is 17.0 Å². The van der Waals surface area contributed by atoms with Crippen molar-refractivity contribution in [3.05, 3.63) is 23.0 Å². The summed E-state index contributed by atoms with van der Waals surface area (Å²) in [4.78, 5) is 16.5. The average molecular weight is 277 g/mol. The van der Waals surface area contributed by atoms with Crippen molar-refractivity contribution in [1.29, 1.82) is 0 Å². The number of aromatic nitrogens is 2. The Hall–Kier alpha value is -1.95. The molecule has 1 atom stereocenters. The van der Waals surface area contributed by atoms with Crippen molar-refractivity contribution in [2.24, 2.45) is 0 Å². The van der Waals surface area contributed by atoms with E-state index in [2.05, 4.69) is 15.5 Å². The standard InChI is InChI=1S/C14H19N3O3/c1-5-14(4,19)7-15-12(18)10-6-8(2)16-13-11(10)9(3)17-20-13/h6,19H,5,7H2,1-4H3,(H,15,18). The third-order valence-electron chi connectivity index (χ3n) is 3.38. The molecule has 0 aliphatic carbocycles. The number of fused-ring (bicyclic) bond motifs is 1. The highest BCUT2D eigenvalue weighted by molar-refractivity contribution is 6.06. The van der Waals surface area contributed by atoms with Crippen LogP contribution in [-0.2, 0) is 0 Å². The molecular formula is C14H19N3O3. The van der Waals surface area contributed by atoms with Gasteiger partial charge in [-0.05, 0) is 33.3 Å². The molecule has 108 valence electrons. The van der Waals surface area contributed by atoms with Crippen LogP contribution < -0.4 is 5.32 Å². The zero-order valence-corrected chi connectivity index (χ0v) is 12.1. The molecule has 2 rings (SSSR count). The Labute approximate surface area is 117 Å². The Bertz CT molecular complexity index is 646. The highest BCUT2D eigenvalue weighted by atomic mass is 16.5. The first-order chi connectivity index (χ1) is 9.34. The van der Waals surface area contributed by atoms with Crippen molar-refractivity contribution in [3.63, 3.8) is 0 Å². The van der Waals surface area contributed by atoms with E-state index in [1.54, 1.807) is 26.8 Å². The molecule has 2 aromatic rings. The second kappa shape index (κ2) is 5.20. The van der Waals surface area contributed by atoms with Gasteiger partial charge in [0, 0.05) is 12.2 Å². The Morgan fingerprint density at radius 2 is 2.20 bits per heavy atom. The molecular weight excluding hydrogens is 258 g/mol. The van der Waals surface area contributed by atoms with E-state index in [0.717, 1.165) is 0 Å². The fourth-order valence-corrected chi connectivity index (χ4v) is 1.89. The smallest absolute Gasteiger partial charge is 0.258 e. The number of amides is 1. The Kier molecular flexibility index (Phi) is 3.76. The first-order valence-electron chi connectivity index (χ1n) is 6.58. The van der Waals surface area contributed by atoms with Gasteiger partial charge in [-0.15, -0.1) is 0 Å². The normalized spacial score (nSPS) is 14.2. The van der Waals surface area contributed by atoms with Gasteiger partial charge in [-0.2, -0.15) is 0 Å². The lowest BCUT2D eigenvalue weighted by Crippen LogP contribution is -2.40. The van der Waals surface area contributed by atoms with Crippen LogP contribution >= 0.6 is 0 Å². The molecule has 0 radical (unpaired) electrons. The first kappa shape index (κ1) is 14.5. The summed E-state index contributed by atoms with van der Waals surface area (Å²) in [5, 5.41) is 17.1. The van der Waals surface area contributed by atoms with Gasteiger partial charge in [-0.1, -0.05) is 12.1 Å². The molecule has 6 heteroatoms. The summed E-state index contributed by atoms with van der Waals surface area (Å²) < 4.78 is 5.10. The van der Waals surface area contributed by atoms with E-state index in [-0.39, 0.29) is 12.5 Å². The fraction of sp³-hybridized carbons (Fsp3) is 0.500. The van der Waals surface area contributed by atoms with Crippen LogP contribution in [0.1, 0.15) is 42.0 Å². The van der Waals surface area contributed by atoms with Crippen molar-refractivity contribution in [2.75, 3.05) is 6.54 Å². The van der Waals surface area contributed by atoms with Crippen molar-refractivity contribution in [2.45, 2.75) is 39.7 Å². The number of aliphatic hydroxyl groups is 1. The number of hydrogen-bond donors (Lipinski definition) is 2. The SMILES string of the molecule is CCC(C)(O)CNC(=O)c1cc(C)nc2onc(C)c12. The van der Waals surface area contributed by atoms with E-state index in [1.165, 1.54) is 0 Å². The van der Waals surface area contributed by atoms with Gasteiger partial charge in [-0.3, -0.25) is 4.79 Å². The number of aryl methyl sites for hydroxylation is 2. The maximum atomic E-state index is 12.3. The molecule has 0 spiro atoms. The average Bonchev–Trinajstić information content (AvgIpc) is 2.76. The maximum absolute atomic E-state index is 12.3. The van der Waals surface area contributed by atoms with Crippen molar-refractivity contribution < 1.29 is 14.4 Å². The first-order valence-corrected chi connectivity index (χ1v) is 6.58. The molecule has 1 unspecified atom stereocenters. The van der Waals surface area contributed by atoms with Crippen LogP contribution in [0, 0.1) is 13.8 Å². The molecule has 2 heterocycles. The third kappa shape index (κ3) is 2.80. The maximum Gasteiger partial charge on any atom is 0.258 e. The number of nitrogens with zero attached hydrogens (tertiary/aromatic N) is 2. The molecule has 0 aromatic carbocycles. The molecule has 0 aliphatic rings. The van der Waals surface area contributed by atoms with E-state index in [4.69, 9.17) is 4.52 Å². The second-order valence-electron chi connectivity index (χ2n) is 5.29. The van der Waals surface area contributed by atoms with Crippen LogP contribution in [0.15, 0.2) is 10.6 Å². The summed E-state index contributed by atoms with van der Waals surface area (Å²) in [7, 11) is 0. The lowest BCUT2D eigenvalue weighted by atomic mass is 10.0. The summed E-state index contributed by atoms with van der Waals surface area (Å²) in [5.41, 5.74) is 1.22. The molecule has 0 saturated carbocycles.